The van der Waals surface area contributed by atoms with Crippen molar-refractivity contribution in [2.45, 2.75) is 126 Å². The first kappa shape index (κ1) is 26.1. The van der Waals surface area contributed by atoms with Crippen molar-refractivity contribution in [1.29, 1.82) is 5.26 Å². The highest BCUT2D eigenvalue weighted by molar-refractivity contribution is 5.87. The normalized spacial score (nSPS) is 61.5. The van der Waals surface area contributed by atoms with Crippen LogP contribution in [0.2, 0.25) is 0 Å². The molecule has 37 heavy (non-hydrogen) atoms. The van der Waals surface area contributed by atoms with Gasteiger partial charge in [-0.3, -0.25) is 4.79 Å². The molecule has 1 aliphatic heterocycles. The zero-order chi connectivity index (χ0) is 29.3. The first-order chi connectivity index (χ1) is 16.9. The molecule has 8 unspecified atom stereocenters. The van der Waals surface area contributed by atoms with Gasteiger partial charge < -0.3 is 15.4 Å². The van der Waals surface area contributed by atoms with Crippen LogP contribution < -0.4 is 5.73 Å². The van der Waals surface area contributed by atoms with Gasteiger partial charge in [0.25, 0.3) is 0 Å². The number of ether oxygens (including phenoxy) is 1. The number of carbonyl (C=O) groups is 1. The van der Waals surface area contributed by atoms with Gasteiger partial charge in [-0.1, -0.05) is 76.2 Å². The number of carbonyl (C=O) groups excluding carboxylic acids is 1. The second-order valence-electron chi connectivity index (χ2n) is 16.0. The number of nitrogens with two attached hydrogens (primary N) is 1. The lowest BCUT2D eigenvalue weighted by Crippen LogP contribution is -2.83. The van der Waals surface area contributed by atoms with Crippen molar-refractivity contribution in [3.05, 3.63) is 0 Å². The Balaban J connectivity index is 1.70. The molecule has 0 radical (unpaired) electrons. The molecule has 5 saturated carbocycles. The molecule has 4 bridgehead atoms. The zero-order valence-electron chi connectivity index (χ0n) is 27.0. The van der Waals surface area contributed by atoms with Crippen LogP contribution >= 0.6 is 0 Å². The molecular formula is C32H53N3O2. The molecule has 6 fully saturated rings. The molecule has 0 spiro atoms. The Labute approximate surface area is 227 Å². The van der Waals surface area contributed by atoms with Crippen molar-refractivity contribution in [1.82, 2.24) is 4.90 Å². The van der Waals surface area contributed by atoms with Crippen LogP contribution in [0.25, 0.3) is 0 Å². The molecule has 12 atom stereocenters. The molecule has 6 rings (SSSR count). The van der Waals surface area contributed by atoms with Crippen LogP contribution in [0.4, 0.5) is 0 Å². The Kier molecular flexibility index (Phi) is 4.66. The summed E-state index contributed by atoms with van der Waals surface area (Å²) in [6, 6.07) is 1.67. The van der Waals surface area contributed by atoms with E-state index < -0.39 is 39.4 Å². The van der Waals surface area contributed by atoms with E-state index in [9.17, 15) is 11.4 Å². The minimum absolute atomic E-state index is 0.0561. The highest BCUT2D eigenvalue weighted by Gasteiger charge is 2.90. The van der Waals surface area contributed by atoms with E-state index in [1.54, 1.807) is 11.8 Å². The van der Waals surface area contributed by atoms with Crippen LogP contribution in [-0.4, -0.2) is 40.6 Å². The van der Waals surface area contributed by atoms with E-state index in [0.29, 0.717) is 11.8 Å². The van der Waals surface area contributed by atoms with E-state index in [2.05, 4.69) is 82.2 Å². The monoisotopic (exact) mass is 512 g/mol. The molecule has 5 aliphatic carbocycles. The largest absolute Gasteiger partial charge is 0.377 e. The number of methoxy groups -OCH3 is 1. The lowest BCUT2D eigenvalue weighted by Gasteiger charge is -2.83. The number of piperidine rings is 1. The number of hydrogen-bond donors (Lipinski definition) is 1. The second kappa shape index (κ2) is 6.60. The van der Waals surface area contributed by atoms with Crippen LogP contribution in [0.1, 0.15) is 104 Å². The van der Waals surface area contributed by atoms with Crippen LogP contribution in [0.15, 0.2) is 0 Å². The summed E-state index contributed by atoms with van der Waals surface area (Å²) in [7, 11) is 1.85. The van der Waals surface area contributed by atoms with Crippen molar-refractivity contribution in [2.75, 3.05) is 7.11 Å². The van der Waals surface area contributed by atoms with Gasteiger partial charge in [-0.05, 0) is 66.1 Å². The number of nitriles is 1. The van der Waals surface area contributed by atoms with Gasteiger partial charge >= 0.3 is 0 Å². The first-order valence-corrected chi connectivity index (χ1v) is 14.5. The third kappa shape index (κ3) is 2.10. The maximum absolute atomic E-state index is 15.0. The smallest absolute Gasteiger partial charge is 0.241 e. The lowest BCUT2D eigenvalue weighted by molar-refractivity contribution is -0.380. The number of fused-ring (bicyclic) bond motifs is 1. The van der Waals surface area contributed by atoms with Crippen molar-refractivity contribution >= 4 is 5.91 Å². The molecule has 0 aromatic heterocycles. The molecule has 2 N–H and O–H groups in total. The Morgan fingerprint density at radius 2 is 1.51 bits per heavy atom. The fraction of sp³-hybridized carbons (Fsp3) is 0.938. The highest BCUT2D eigenvalue weighted by Crippen LogP contribution is 2.85. The van der Waals surface area contributed by atoms with E-state index >= 15 is 0 Å². The molecule has 0 aromatic carbocycles. The standard InChI is InChI=1S/C32H53N3O2/c1-18-26(9)15-31(16-32(37-14,24(26,5)6)21(4)28(18,11)20(31)3)22(34)23(36)35-27(10,17-33)19(2)29(12)25(7,8)30(29,35)13/h18-22H,15-16,34H2,1-14H3/t18?,19?,20?,21?,22-,26?,27-,28?,29-,30+,31?,32?/m1/s1/i19D. The molecule has 1 heterocycles. The van der Waals surface area contributed by atoms with E-state index in [-0.39, 0.29) is 33.5 Å². The maximum atomic E-state index is 15.0. The minimum atomic E-state index is -1.28. The molecule has 208 valence electrons. The summed E-state index contributed by atoms with van der Waals surface area (Å²) in [4.78, 5) is 16.8. The summed E-state index contributed by atoms with van der Waals surface area (Å²) in [5.74, 6) is -0.359. The van der Waals surface area contributed by atoms with Gasteiger partial charge in [0.05, 0.1) is 23.3 Å². The van der Waals surface area contributed by atoms with Crippen molar-refractivity contribution < 1.29 is 10.9 Å². The van der Waals surface area contributed by atoms with Crippen molar-refractivity contribution in [3.63, 3.8) is 0 Å². The van der Waals surface area contributed by atoms with E-state index in [1.165, 1.54) is 0 Å². The average molecular weight is 513 g/mol. The van der Waals surface area contributed by atoms with Crippen LogP contribution in [0, 0.1) is 67.5 Å². The van der Waals surface area contributed by atoms with Gasteiger partial charge in [-0.2, -0.15) is 5.26 Å². The molecule has 5 heteroatoms. The molecule has 1 saturated heterocycles. The third-order valence-corrected chi connectivity index (χ3v) is 16.5. The van der Waals surface area contributed by atoms with Gasteiger partial charge in [0.1, 0.15) is 5.54 Å². The molecule has 1 amide bonds. The van der Waals surface area contributed by atoms with Gasteiger partial charge in [-0.25, -0.2) is 0 Å². The predicted octanol–water partition coefficient (Wildman–Crippen LogP) is 6.02. The SMILES string of the molecule is [2H]C1(C)[C@]2(C)C(C)(C)[C@]2(C)N(C(=O)[C@@H](N)C23CC4(C)C(C)C(C)(C2C)C(C)C(OC)(C3)C4(C)C)[C@]1(C)C#N. The fourth-order valence-corrected chi connectivity index (χ4v) is 12.5. The first-order valence-electron chi connectivity index (χ1n) is 15.0. The Morgan fingerprint density at radius 1 is 0.973 bits per heavy atom. The van der Waals surface area contributed by atoms with E-state index in [0.717, 1.165) is 12.8 Å². The third-order valence-electron chi connectivity index (χ3n) is 16.5. The number of nitrogens with zero attached hydrogens (tertiary/aromatic N) is 2. The number of amides is 1. The van der Waals surface area contributed by atoms with Crippen molar-refractivity contribution in [3.8, 4) is 6.07 Å². The quantitative estimate of drug-likeness (QED) is 0.501. The molecule has 5 nitrogen and oxygen atoms in total. The summed E-state index contributed by atoms with van der Waals surface area (Å²) < 4.78 is 16.2. The van der Waals surface area contributed by atoms with Gasteiger partial charge in [0, 0.05) is 25.2 Å². The Morgan fingerprint density at radius 3 is 2.00 bits per heavy atom. The Bertz CT molecular complexity index is 1170. The maximum Gasteiger partial charge on any atom is 0.241 e. The lowest BCUT2D eigenvalue weighted by atomic mass is 9.23. The predicted molar refractivity (Wildman–Crippen MR) is 147 cm³/mol. The van der Waals surface area contributed by atoms with Gasteiger partial charge in [0.15, 0.2) is 0 Å². The van der Waals surface area contributed by atoms with Crippen molar-refractivity contribution in [2.24, 2.45) is 61.9 Å². The second-order valence-corrected chi connectivity index (χ2v) is 16.0. The van der Waals surface area contributed by atoms with E-state index in [4.69, 9.17) is 10.5 Å². The summed E-state index contributed by atoms with van der Waals surface area (Å²) in [6.07, 6.45) is 1.60. The highest BCUT2D eigenvalue weighted by atomic mass is 16.5. The average Bonchev–Trinajstić information content (AvgIpc) is 3.15. The number of hydrogen-bond acceptors (Lipinski definition) is 4. The van der Waals surface area contributed by atoms with Crippen LogP contribution in [0.5, 0.6) is 0 Å². The molecular weight excluding hydrogens is 458 g/mol. The topological polar surface area (TPSA) is 79.3 Å². The summed E-state index contributed by atoms with van der Waals surface area (Å²) in [5, 5.41) is 10.6. The van der Waals surface area contributed by atoms with Gasteiger partial charge in [0.2, 0.25) is 5.91 Å². The minimum Gasteiger partial charge on any atom is -0.377 e. The molecule has 0 aromatic rings. The number of likely N-dealkylation sites (tertiary alicyclic amines) is 1. The zero-order valence-corrected chi connectivity index (χ0v) is 26.0. The summed E-state index contributed by atoms with van der Waals surface area (Å²) >= 11 is 0. The summed E-state index contributed by atoms with van der Waals surface area (Å²) in [6.45, 7) is 28.8. The number of rotatable bonds is 3. The Hall–Kier alpha value is -1.12. The van der Waals surface area contributed by atoms with E-state index in [1.807, 2.05) is 14.0 Å². The van der Waals surface area contributed by atoms with Crippen LogP contribution in [-0.2, 0) is 9.53 Å². The van der Waals surface area contributed by atoms with Crippen LogP contribution in [0.3, 0.4) is 0 Å². The fourth-order valence-electron chi connectivity index (χ4n) is 12.5. The molecule has 6 aliphatic rings. The summed E-state index contributed by atoms with van der Waals surface area (Å²) in [5.41, 5.74) is 3.46. The van der Waals surface area contributed by atoms with Gasteiger partial charge in [-0.15, -0.1) is 0 Å².